The molecule has 0 aliphatic carbocycles. The second-order valence-corrected chi connectivity index (χ2v) is 6.33. The molecule has 1 rings (SSSR count). The van der Waals surface area contributed by atoms with Crippen LogP contribution in [0.5, 0.6) is 0 Å². The predicted octanol–water partition coefficient (Wildman–Crippen LogP) is 3.13. The maximum absolute atomic E-state index is 3.62. The van der Waals surface area contributed by atoms with Crippen molar-refractivity contribution >= 4 is 0 Å². The lowest BCUT2D eigenvalue weighted by molar-refractivity contribution is 0.0785. The van der Waals surface area contributed by atoms with E-state index in [0.29, 0.717) is 0 Å². The SMILES string of the molecule is CCC(CNCC(C)C)N1CCC(C)CC1C. The minimum Gasteiger partial charge on any atom is -0.315 e. The van der Waals surface area contributed by atoms with Crippen molar-refractivity contribution < 1.29 is 0 Å². The summed E-state index contributed by atoms with van der Waals surface area (Å²) < 4.78 is 0. The first-order valence-corrected chi connectivity index (χ1v) is 7.51. The molecule has 0 amide bonds. The Morgan fingerprint density at radius 2 is 1.94 bits per heavy atom. The molecule has 1 fully saturated rings. The van der Waals surface area contributed by atoms with Crippen LogP contribution in [0.4, 0.5) is 0 Å². The fraction of sp³-hybridized carbons (Fsp3) is 1.00. The minimum atomic E-state index is 0.733. The van der Waals surface area contributed by atoms with Crippen LogP contribution in [0.15, 0.2) is 0 Å². The van der Waals surface area contributed by atoms with E-state index in [4.69, 9.17) is 0 Å². The lowest BCUT2D eigenvalue weighted by atomic mass is 9.91. The Labute approximate surface area is 108 Å². The summed E-state index contributed by atoms with van der Waals surface area (Å²) in [6, 6.07) is 1.50. The Bertz CT molecular complexity index is 203. The van der Waals surface area contributed by atoms with Crippen molar-refractivity contribution in [2.75, 3.05) is 19.6 Å². The molecule has 0 bridgehead atoms. The van der Waals surface area contributed by atoms with Crippen molar-refractivity contribution in [2.24, 2.45) is 11.8 Å². The molecule has 0 saturated carbocycles. The molecule has 0 aromatic rings. The van der Waals surface area contributed by atoms with E-state index in [1.807, 2.05) is 0 Å². The molecular formula is C15H32N2. The van der Waals surface area contributed by atoms with Crippen molar-refractivity contribution in [3.05, 3.63) is 0 Å². The van der Waals surface area contributed by atoms with Gasteiger partial charge in [-0.1, -0.05) is 27.7 Å². The van der Waals surface area contributed by atoms with Crippen molar-refractivity contribution in [1.82, 2.24) is 10.2 Å². The van der Waals surface area contributed by atoms with E-state index in [1.54, 1.807) is 0 Å². The third-order valence-electron chi connectivity index (χ3n) is 4.06. The molecule has 2 heteroatoms. The molecule has 2 nitrogen and oxygen atoms in total. The summed E-state index contributed by atoms with van der Waals surface area (Å²) in [7, 11) is 0. The molecule has 1 saturated heterocycles. The third kappa shape index (κ3) is 4.97. The molecule has 1 aliphatic heterocycles. The van der Waals surface area contributed by atoms with E-state index < -0.39 is 0 Å². The van der Waals surface area contributed by atoms with Gasteiger partial charge >= 0.3 is 0 Å². The summed E-state index contributed by atoms with van der Waals surface area (Å²) >= 11 is 0. The molecule has 1 heterocycles. The van der Waals surface area contributed by atoms with Crippen molar-refractivity contribution in [2.45, 2.75) is 66.0 Å². The van der Waals surface area contributed by atoms with E-state index >= 15 is 0 Å². The maximum Gasteiger partial charge on any atom is 0.0220 e. The third-order valence-corrected chi connectivity index (χ3v) is 4.06. The summed E-state index contributed by atoms with van der Waals surface area (Å²) in [5.74, 6) is 1.67. The Morgan fingerprint density at radius 3 is 2.47 bits per heavy atom. The van der Waals surface area contributed by atoms with Gasteiger partial charge in [0.05, 0.1) is 0 Å². The first-order chi connectivity index (χ1) is 8.04. The van der Waals surface area contributed by atoms with Gasteiger partial charge in [-0.25, -0.2) is 0 Å². The first-order valence-electron chi connectivity index (χ1n) is 7.51. The zero-order valence-electron chi connectivity index (χ0n) is 12.5. The Kier molecular flexibility index (Phi) is 6.50. The number of nitrogens with one attached hydrogen (secondary N) is 1. The van der Waals surface area contributed by atoms with Gasteiger partial charge in [0, 0.05) is 18.6 Å². The van der Waals surface area contributed by atoms with E-state index in [9.17, 15) is 0 Å². The zero-order chi connectivity index (χ0) is 12.8. The van der Waals surface area contributed by atoms with Crippen LogP contribution in [0.2, 0.25) is 0 Å². The Morgan fingerprint density at radius 1 is 1.24 bits per heavy atom. The van der Waals surface area contributed by atoms with Gasteiger partial charge in [0.25, 0.3) is 0 Å². The summed E-state index contributed by atoms with van der Waals surface area (Å²) in [4.78, 5) is 2.73. The van der Waals surface area contributed by atoms with Gasteiger partial charge in [0.15, 0.2) is 0 Å². The predicted molar refractivity (Wildman–Crippen MR) is 76.4 cm³/mol. The highest BCUT2D eigenvalue weighted by Gasteiger charge is 2.27. The summed E-state index contributed by atoms with van der Waals surface area (Å²) in [5, 5.41) is 3.62. The number of piperidine rings is 1. The molecule has 0 spiro atoms. The highest BCUT2D eigenvalue weighted by molar-refractivity contribution is 4.83. The van der Waals surface area contributed by atoms with Crippen LogP contribution in [-0.4, -0.2) is 36.6 Å². The van der Waals surface area contributed by atoms with Crippen LogP contribution in [0.3, 0.4) is 0 Å². The number of rotatable bonds is 6. The van der Waals surface area contributed by atoms with Crippen molar-refractivity contribution in [1.29, 1.82) is 0 Å². The summed E-state index contributed by atoms with van der Waals surface area (Å²) in [5.41, 5.74) is 0. The van der Waals surface area contributed by atoms with Crippen LogP contribution in [0.1, 0.15) is 53.9 Å². The number of likely N-dealkylation sites (tertiary alicyclic amines) is 1. The summed E-state index contributed by atoms with van der Waals surface area (Å²) in [6.45, 7) is 15.3. The average molecular weight is 240 g/mol. The van der Waals surface area contributed by atoms with Crippen LogP contribution in [0, 0.1) is 11.8 Å². The highest BCUT2D eigenvalue weighted by atomic mass is 15.2. The van der Waals surface area contributed by atoms with E-state index in [0.717, 1.165) is 37.0 Å². The standard InChI is InChI=1S/C15H32N2/c1-6-15(11-16-10-12(2)3)17-8-7-13(4)9-14(17)5/h12-16H,6-11H2,1-5H3. The van der Waals surface area contributed by atoms with E-state index in [-0.39, 0.29) is 0 Å². The Hall–Kier alpha value is -0.0800. The average Bonchev–Trinajstić information content (AvgIpc) is 2.25. The van der Waals surface area contributed by atoms with Gasteiger partial charge in [-0.15, -0.1) is 0 Å². The molecule has 3 atom stereocenters. The number of hydrogen-bond donors (Lipinski definition) is 1. The number of nitrogens with zero attached hydrogens (tertiary/aromatic N) is 1. The first kappa shape index (κ1) is 15.0. The Balaban J connectivity index is 2.38. The van der Waals surface area contributed by atoms with E-state index in [2.05, 4.69) is 44.8 Å². The lowest BCUT2D eigenvalue weighted by Crippen LogP contribution is -2.50. The van der Waals surface area contributed by atoms with Gasteiger partial charge in [-0.05, 0) is 51.1 Å². The molecular weight excluding hydrogens is 208 g/mol. The molecule has 17 heavy (non-hydrogen) atoms. The van der Waals surface area contributed by atoms with Gasteiger partial charge in [-0.3, -0.25) is 4.90 Å². The van der Waals surface area contributed by atoms with E-state index in [1.165, 1.54) is 25.8 Å². The molecule has 3 unspecified atom stereocenters. The smallest absolute Gasteiger partial charge is 0.0220 e. The van der Waals surface area contributed by atoms with Crippen LogP contribution < -0.4 is 5.32 Å². The van der Waals surface area contributed by atoms with Crippen molar-refractivity contribution in [3.8, 4) is 0 Å². The minimum absolute atomic E-state index is 0.733. The van der Waals surface area contributed by atoms with Gasteiger partial charge < -0.3 is 5.32 Å². The van der Waals surface area contributed by atoms with Crippen LogP contribution >= 0.6 is 0 Å². The van der Waals surface area contributed by atoms with Crippen LogP contribution in [-0.2, 0) is 0 Å². The van der Waals surface area contributed by atoms with Gasteiger partial charge in [-0.2, -0.15) is 0 Å². The largest absolute Gasteiger partial charge is 0.315 e. The second-order valence-electron chi connectivity index (χ2n) is 6.33. The molecule has 1 N–H and O–H groups in total. The molecule has 0 radical (unpaired) electrons. The van der Waals surface area contributed by atoms with Crippen molar-refractivity contribution in [3.63, 3.8) is 0 Å². The molecule has 102 valence electrons. The molecule has 0 aromatic heterocycles. The topological polar surface area (TPSA) is 15.3 Å². The fourth-order valence-electron chi connectivity index (χ4n) is 3.00. The molecule has 1 aliphatic rings. The quantitative estimate of drug-likeness (QED) is 0.767. The highest BCUT2D eigenvalue weighted by Crippen LogP contribution is 2.24. The van der Waals surface area contributed by atoms with Gasteiger partial charge in [0.1, 0.15) is 0 Å². The second kappa shape index (κ2) is 7.38. The maximum atomic E-state index is 3.62. The monoisotopic (exact) mass is 240 g/mol. The summed E-state index contributed by atoms with van der Waals surface area (Å²) in [6.07, 6.45) is 4.02. The zero-order valence-corrected chi connectivity index (χ0v) is 12.5. The fourth-order valence-corrected chi connectivity index (χ4v) is 3.00. The van der Waals surface area contributed by atoms with Crippen LogP contribution in [0.25, 0.3) is 0 Å². The molecule has 0 aromatic carbocycles. The van der Waals surface area contributed by atoms with Gasteiger partial charge in [0.2, 0.25) is 0 Å². The number of hydrogen-bond acceptors (Lipinski definition) is 2. The normalized spacial score (nSPS) is 28.6. The lowest BCUT2D eigenvalue weighted by Gasteiger charge is -2.41.